The highest BCUT2D eigenvalue weighted by molar-refractivity contribution is 5.95. The minimum absolute atomic E-state index is 0.0420. The molecule has 9 atom stereocenters. The molecule has 0 aliphatic heterocycles. The fourth-order valence-electron chi connectivity index (χ4n) is 10.6. The molecule has 4 saturated carbocycles. The Labute approximate surface area is 222 Å². The van der Waals surface area contributed by atoms with Crippen LogP contribution in [0, 0.1) is 50.2 Å². The van der Waals surface area contributed by atoms with Crippen LogP contribution in [0.3, 0.4) is 0 Å². The van der Waals surface area contributed by atoms with E-state index in [1.165, 1.54) is 5.57 Å². The van der Waals surface area contributed by atoms with Crippen molar-refractivity contribution in [2.75, 3.05) is 0 Å². The molecule has 5 heteroatoms. The number of amides is 1. The van der Waals surface area contributed by atoms with E-state index in [2.05, 4.69) is 46.9 Å². The summed E-state index contributed by atoms with van der Waals surface area (Å²) in [6.45, 7) is 16.0. The second-order valence-electron chi connectivity index (χ2n) is 15.4. The lowest BCUT2D eigenvalue weighted by molar-refractivity contribution is -0.202. The number of carbonyl (C=O) groups is 2. The van der Waals surface area contributed by atoms with Crippen molar-refractivity contribution in [2.24, 2.45) is 50.2 Å². The number of allylic oxidation sites excluding steroid dienone is 2. The van der Waals surface area contributed by atoms with E-state index in [1.54, 1.807) is 5.94 Å². The van der Waals surface area contributed by atoms with Gasteiger partial charge in [-0.15, -0.1) is 0 Å². The van der Waals surface area contributed by atoms with E-state index in [-0.39, 0.29) is 56.7 Å². The highest BCUT2D eigenvalue weighted by Gasteiger charge is 2.70. The average molecular weight is 510 g/mol. The minimum Gasteiger partial charge on any atom is -0.393 e. The minimum atomic E-state index is -0.579. The SMILES string of the molecule is CC1(C)C2CC[C@]3(C)[C@H](C(=O)C=C4[C@@H]5C[C@@](C)(C(=O)NC=C=O)CC[C@]5(C)CC[C@]43C)[C@@]2(C)CC[C@@H]1O. The van der Waals surface area contributed by atoms with Gasteiger partial charge in [0.15, 0.2) is 5.78 Å². The van der Waals surface area contributed by atoms with Gasteiger partial charge in [-0.05, 0) is 103 Å². The van der Waals surface area contributed by atoms with Crippen molar-refractivity contribution in [1.82, 2.24) is 5.32 Å². The Kier molecular flexibility index (Phi) is 5.92. The number of rotatable bonds is 2. The predicted molar refractivity (Wildman–Crippen MR) is 144 cm³/mol. The first-order valence-electron chi connectivity index (χ1n) is 14.5. The predicted octanol–water partition coefficient (Wildman–Crippen LogP) is 5.79. The molecular formula is C32H47NO4. The standard InChI is InChI=1S/C32H47NO4/c1-27(2)23-8-11-32(7)25(30(23,5)10-9-24(27)36)22(35)18-20-21-19-29(4,26(37)33-16-17-34)13-12-28(21,3)14-15-31(20,32)6/h16,18,21,23-25,36H,8-15,19H2,1-7H3,(H,33,37)/t21-,23?,24-,25+,28+,29-,30-,31+,32+/m0/s1. The van der Waals surface area contributed by atoms with Crippen LogP contribution in [-0.4, -0.2) is 28.8 Å². The van der Waals surface area contributed by atoms with Crippen molar-refractivity contribution in [3.8, 4) is 0 Å². The molecular weight excluding hydrogens is 462 g/mol. The van der Waals surface area contributed by atoms with E-state index < -0.39 is 5.41 Å². The van der Waals surface area contributed by atoms with Crippen LogP contribution in [0.15, 0.2) is 17.8 Å². The number of fused-ring (bicyclic) bond motifs is 7. The topological polar surface area (TPSA) is 83.5 Å². The molecule has 5 aliphatic carbocycles. The Balaban J connectivity index is 1.58. The maximum absolute atomic E-state index is 14.3. The Morgan fingerprint density at radius 1 is 1.00 bits per heavy atom. The summed E-state index contributed by atoms with van der Waals surface area (Å²) in [6.07, 6.45) is 11.1. The Morgan fingerprint density at radius 2 is 1.68 bits per heavy atom. The third-order valence-corrected chi connectivity index (χ3v) is 13.4. The zero-order valence-corrected chi connectivity index (χ0v) is 24.0. The molecule has 0 bridgehead atoms. The first-order valence-corrected chi connectivity index (χ1v) is 14.5. The van der Waals surface area contributed by atoms with E-state index in [4.69, 9.17) is 0 Å². The zero-order valence-electron chi connectivity index (χ0n) is 24.0. The monoisotopic (exact) mass is 509 g/mol. The molecule has 0 aromatic heterocycles. The number of aliphatic hydroxyl groups excluding tert-OH is 1. The van der Waals surface area contributed by atoms with E-state index in [0.717, 1.165) is 57.6 Å². The number of hydrogen-bond donors (Lipinski definition) is 2. The van der Waals surface area contributed by atoms with E-state index in [0.29, 0.717) is 12.3 Å². The summed E-state index contributed by atoms with van der Waals surface area (Å²) in [7, 11) is 0. The molecule has 204 valence electrons. The van der Waals surface area contributed by atoms with Crippen molar-refractivity contribution in [1.29, 1.82) is 0 Å². The second-order valence-corrected chi connectivity index (χ2v) is 15.4. The summed E-state index contributed by atoms with van der Waals surface area (Å²) >= 11 is 0. The molecule has 0 aromatic carbocycles. The maximum Gasteiger partial charge on any atom is 0.230 e. The lowest BCUT2D eigenvalue weighted by Crippen LogP contribution is -2.66. The van der Waals surface area contributed by atoms with Gasteiger partial charge in [0.2, 0.25) is 5.91 Å². The Bertz CT molecular complexity index is 1100. The van der Waals surface area contributed by atoms with Crippen molar-refractivity contribution >= 4 is 17.6 Å². The van der Waals surface area contributed by atoms with Crippen molar-refractivity contribution in [2.45, 2.75) is 112 Å². The molecule has 0 saturated heterocycles. The summed E-state index contributed by atoms with van der Waals surface area (Å²) in [5.74, 6) is 2.28. The average Bonchev–Trinajstić information content (AvgIpc) is 2.82. The molecule has 5 aliphatic rings. The lowest BCUT2D eigenvalue weighted by atomic mass is 9.33. The smallest absolute Gasteiger partial charge is 0.230 e. The molecule has 5 nitrogen and oxygen atoms in total. The highest BCUT2D eigenvalue weighted by Crippen LogP contribution is 2.75. The summed E-state index contributed by atoms with van der Waals surface area (Å²) in [6, 6.07) is 0. The van der Waals surface area contributed by atoms with E-state index >= 15 is 0 Å². The highest BCUT2D eigenvalue weighted by atomic mass is 16.3. The van der Waals surface area contributed by atoms with Gasteiger partial charge in [-0.25, -0.2) is 4.79 Å². The Morgan fingerprint density at radius 3 is 2.35 bits per heavy atom. The van der Waals surface area contributed by atoms with E-state index in [9.17, 15) is 19.5 Å². The first-order chi connectivity index (χ1) is 17.1. The number of carbonyl (C=O) groups excluding carboxylic acids is 3. The molecule has 0 heterocycles. The molecule has 0 aromatic rings. The third kappa shape index (κ3) is 3.42. The van der Waals surface area contributed by atoms with Gasteiger partial charge in [-0.2, -0.15) is 0 Å². The van der Waals surface area contributed by atoms with Crippen LogP contribution in [0.5, 0.6) is 0 Å². The van der Waals surface area contributed by atoms with Crippen LogP contribution in [-0.2, 0) is 14.4 Å². The van der Waals surface area contributed by atoms with Crippen molar-refractivity contribution in [3.63, 3.8) is 0 Å². The molecule has 0 radical (unpaired) electrons. The molecule has 1 amide bonds. The summed E-state index contributed by atoms with van der Waals surface area (Å²) < 4.78 is 0. The molecule has 2 N–H and O–H groups in total. The number of hydrogen-bond acceptors (Lipinski definition) is 4. The van der Waals surface area contributed by atoms with Gasteiger partial charge in [-0.1, -0.05) is 54.0 Å². The van der Waals surface area contributed by atoms with Crippen LogP contribution < -0.4 is 5.32 Å². The largest absolute Gasteiger partial charge is 0.393 e. The first kappa shape index (κ1) is 26.9. The van der Waals surface area contributed by atoms with Crippen LogP contribution in [0.2, 0.25) is 0 Å². The van der Waals surface area contributed by atoms with Crippen molar-refractivity contribution < 1.29 is 19.5 Å². The zero-order chi connectivity index (χ0) is 27.2. The van der Waals surface area contributed by atoms with Gasteiger partial charge >= 0.3 is 0 Å². The Hall–Kier alpha value is -1.71. The molecule has 0 spiro atoms. The van der Waals surface area contributed by atoms with Crippen LogP contribution in [0.1, 0.15) is 106 Å². The van der Waals surface area contributed by atoms with E-state index in [1.807, 2.05) is 13.0 Å². The molecule has 4 fully saturated rings. The quantitative estimate of drug-likeness (QED) is 0.462. The molecule has 1 unspecified atom stereocenters. The van der Waals surface area contributed by atoms with Crippen LogP contribution in [0.4, 0.5) is 0 Å². The number of aliphatic hydroxyl groups is 1. The van der Waals surface area contributed by atoms with Gasteiger partial charge < -0.3 is 10.4 Å². The molecule has 5 rings (SSSR count). The fraction of sp³-hybridized carbons (Fsp3) is 0.812. The summed E-state index contributed by atoms with van der Waals surface area (Å²) in [4.78, 5) is 38.2. The lowest BCUT2D eigenvalue weighted by Gasteiger charge is -2.70. The summed E-state index contributed by atoms with van der Waals surface area (Å²) in [5, 5.41) is 13.6. The van der Waals surface area contributed by atoms with Gasteiger partial charge in [0.1, 0.15) is 5.94 Å². The third-order valence-electron chi connectivity index (χ3n) is 13.4. The normalized spacial score (nSPS) is 50.3. The summed E-state index contributed by atoms with van der Waals surface area (Å²) in [5.41, 5.74) is 0.223. The number of nitrogens with one attached hydrogen (secondary N) is 1. The maximum atomic E-state index is 14.3. The number of ketones is 1. The van der Waals surface area contributed by atoms with Gasteiger partial charge in [-0.3, -0.25) is 9.59 Å². The second kappa shape index (κ2) is 8.15. The van der Waals surface area contributed by atoms with Crippen molar-refractivity contribution in [3.05, 3.63) is 17.8 Å². The van der Waals surface area contributed by atoms with Crippen LogP contribution in [0.25, 0.3) is 0 Å². The van der Waals surface area contributed by atoms with Gasteiger partial charge in [0.05, 0.1) is 12.3 Å². The van der Waals surface area contributed by atoms with Gasteiger partial charge in [0.25, 0.3) is 0 Å². The van der Waals surface area contributed by atoms with Crippen LogP contribution >= 0.6 is 0 Å². The molecule has 37 heavy (non-hydrogen) atoms. The fourth-order valence-corrected chi connectivity index (χ4v) is 10.6. The van der Waals surface area contributed by atoms with Gasteiger partial charge in [0, 0.05) is 11.3 Å².